The van der Waals surface area contributed by atoms with Crippen molar-refractivity contribution in [2.75, 3.05) is 4.90 Å². The Morgan fingerprint density at radius 2 is 1.81 bits per heavy atom. The molecular formula is C16H10N2O3. The van der Waals surface area contributed by atoms with E-state index in [9.17, 15) is 14.7 Å². The molecule has 0 bridgehead atoms. The Labute approximate surface area is 120 Å². The summed E-state index contributed by atoms with van der Waals surface area (Å²) in [7, 11) is 0. The van der Waals surface area contributed by atoms with Gasteiger partial charge >= 0.3 is 5.97 Å². The van der Waals surface area contributed by atoms with Gasteiger partial charge in [0.2, 0.25) is 0 Å². The number of aliphatic imine (C=N–C) groups is 1. The molecule has 3 rings (SSSR count). The van der Waals surface area contributed by atoms with Gasteiger partial charge in [-0.2, -0.15) is 0 Å². The summed E-state index contributed by atoms with van der Waals surface area (Å²) in [6, 6.07) is 13.6. The molecule has 0 unspecified atom stereocenters. The van der Waals surface area contributed by atoms with Crippen molar-refractivity contribution in [2.24, 2.45) is 4.99 Å². The van der Waals surface area contributed by atoms with Gasteiger partial charge in [0, 0.05) is 5.56 Å². The van der Waals surface area contributed by atoms with Gasteiger partial charge in [-0.25, -0.2) is 14.6 Å². The van der Waals surface area contributed by atoms with Crippen LogP contribution in [0.4, 0.5) is 11.4 Å². The van der Waals surface area contributed by atoms with E-state index < -0.39 is 5.97 Å². The van der Waals surface area contributed by atoms with Crippen molar-refractivity contribution in [2.45, 2.75) is 0 Å². The number of carbonyl (C=O) groups excluding carboxylic acids is 1. The summed E-state index contributed by atoms with van der Waals surface area (Å²) in [5.41, 5.74) is 1.99. The molecule has 2 aromatic carbocycles. The lowest BCUT2D eigenvalue weighted by Gasteiger charge is -2.25. The van der Waals surface area contributed by atoms with Gasteiger partial charge in [0.05, 0.1) is 16.9 Å². The minimum absolute atomic E-state index is 0.0936. The van der Waals surface area contributed by atoms with Crippen LogP contribution in [0.3, 0.4) is 0 Å². The number of rotatable bonds is 2. The van der Waals surface area contributed by atoms with Crippen LogP contribution in [0.1, 0.15) is 15.9 Å². The number of aromatic carboxylic acids is 1. The van der Waals surface area contributed by atoms with Gasteiger partial charge in [-0.3, -0.25) is 4.90 Å². The number of carbonyl (C=O) groups is 1. The Kier molecular flexibility index (Phi) is 3.10. The van der Waals surface area contributed by atoms with E-state index in [-0.39, 0.29) is 11.3 Å². The van der Waals surface area contributed by atoms with Crippen LogP contribution < -0.4 is 4.90 Å². The van der Waals surface area contributed by atoms with Crippen molar-refractivity contribution < 1.29 is 14.7 Å². The third-order valence-corrected chi connectivity index (χ3v) is 3.20. The Morgan fingerprint density at radius 1 is 1.10 bits per heavy atom. The molecule has 0 atom stereocenters. The number of benzene rings is 2. The van der Waals surface area contributed by atoms with E-state index in [1.807, 2.05) is 12.0 Å². The molecule has 1 N–H and O–H groups in total. The number of hydrogen-bond donors (Lipinski definition) is 1. The average Bonchev–Trinajstić information content (AvgIpc) is 2.53. The first-order chi connectivity index (χ1) is 10.2. The van der Waals surface area contributed by atoms with E-state index in [2.05, 4.69) is 4.99 Å². The van der Waals surface area contributed by atoms with Crippen LogP contribution in [-0.4, -0.2) is 23.4 Å². The van der Waals surface area contributed by atoms with Gasteiger partial charge in [-0.15, -0.1) is 0 Å². The normalized spacial score (nSPS) is 12.8. The van der Waals surface area contributed by atoms with Crippen LogP contribution in [0.15, 0.2) is 53.5 Å². The topological polar surface area (TPSA) is 70.0 Å². The predicted octanol–water partition coefficient (Wildman–Crippen LogP) is 2.74. The van der Waals surface area contributed by atoms with E-state index >= 15 is 0 Å². The van der Waals surface area contributed by atoms with Gasteiger partial charge < -0.3 is 5.11 Å². The Morgan fingerprint density at radius 3 is 2.57 bits per heavy atom. The van der Waals surface area contributed by atoms with Gasteiger partial charge in [0.15, 0.2) is 5.94 Å². The van der Waals surface area contributed by atoms with Crippen molar-refractivity contribution in [3.8, 4) is 0 Å². The zero-order valence-corrected chi connectivity index (χ0v) is 10.9. The average molecular weight is 278 g/mol. The molecule has 0 saturated heterocycles. The van der Waals surface area contributed by atoms with Crippen LogP contribution in [-0.2, 0) is 4.79 Å². The Balaban J connectivity index is 2.18. The first-order valence-corrected chi connectivity index (χ1v) is 6.22. The van der Waals surface area contributed by atoms with Gasteiger partial charge in [-0.1, -0.05) is 24.3 Å². The lowest BCUT2D eigenvalue weighted by Crippen LogP contribution is -2.24. The minimum Gasteiger partial charge on any atom is -0.478 e. The molecular weight excluding hydrogens is 268 g/mol. The van der Waals surface area contributed by atoms with E-state index in [0.717, 1.165) is 0 Å². The molecule has 0 spiro atoms. The van der Waals surface area contributed by atoms with Crippen LogP contribution >= 0.6 is 0 Å². The molecule has 21 heavy (non-hydrogen) atoms. The molecule has 1 aliphatic rings. The summed E-state index contributed by atoms with van der Waals surface area (Å²) in [6.45, 7) is 0. The second-order valence-corrected chi connectivity index (χ2v) is 4.40. The van der Waals surface area contributed by atoms with E-state index in [1.165, 1.54) is 17.3 Å². The number of anilines is 1. The minimum atomic E-state index is -1.07. The number of para-hydroxylation sites is 2. The fraction of sp³-hybridized carbons (Fsp3) is 0. The number of hydrogen-bond acceptors (Lipinski definition) is 4. The zero-order chi connectivity index (χ0) is 14.8. The SMILES string of the molecule is O=C=C1c2ccccc2N=CN1c1ccccc1C(=O)O. The van der Waals surface area contributed by atoms with E-state index in [4.69, 9.17) is 0 Å². The van der Waals surface area contributed by atoms with Gasteiger partial charge in [0.1, 0.15) is 12.0 Å². The van der Waals surface area contributed by atoms with Gasteiger partial charge in [0.25, 0.3) is 0 Å². The quantitative estimate of drug-likeness (QED) is 0.857. The smallest absolute Gasteiger partial charge is 0.337 e. The summed E-state index contributed by atoms with van der Waals surface area (Å²) in [5, 5.41) is 9.27. The van der Waals surface area contributed by atoms with E-state index in [1.54, 1.807) is 36.4 Å². The highest BCUT2D eigenvalue weighted by Gasteiger charge is 2.23. The van der Waals surface area contributed by atoms with E-state index in [0.29, 0.717) is 16.9 Å². The van der Waals surface area contributed by atoms with Crippen molar-refractivity contribution >= 4 is 35.3 Å². The zero-order valence-electron chi connectivity index (χ0n) is 10.9. The number of fused-ring (bicyclic) bond motifs is 1. The fourth-order valence-corrected chi connectivity index (χ4v) is 2.25. The molecule has 0 radical (unpaired) electrons. The molecule has 0 saturated carbocycles. The molecule has 5 nitrogen and oxygen atoms in total. The monoisotopic (exact) mass is 278 g/mol. The van der Waals surface area contributed by atoms with Crippen molar-refractivity contribution in [3.63, 3.8) is 0 Å². The summed E-state index contributed by atoms with van der Waals surface area (Å²) in [6.07, 6.45) is 1.43. The number of carboxylic acid groups (broad SMARTS) is 1. The first kappa shape index (κ1) is 12.8. The maximum atomic E-state index is 11.4. The highest BCUT2D eigenvalue weighted by atomic mass is 16.4. The van der Waals surface area contributed by atoms with Gasteiger partial charge in [-0.05, 0) is 24.3 Å². The lowest BCUT2D eigenvalue weighted by molar-refractivity contribution is 0.0698. The van der Waals surface area contributed by atoms with Crippen LogP contribution in [0.2, 0.25) is 0 Å². The van der Waals surface area contributed by atoms with Crippen LogP contribution in [0, 0.1) is 0 Å². The molecule has 1 aliphatic heterocycles. The second-order valence-electron chi connectivity index (χ2n) is 4.40. The lowest BCUT2D eigenvalue weighted by atomic mass is 10.1. The summed E-state index contributed by atoms with van der Waals surface area (Å²) < 4.78 is 0. The second kappa shape index (κ2) is 5.07. The number of carboxylic acids is 1. The molecule has 5 heteroatoms. The number of nitrogens with zero attached hydrogens (tertiary/aromatic N) is 2. The third kappa shape index (κ3) is 2.12. The first-order valence-electron chi connectivity index (χ1n) is 6.22. The highest BCUT2D eigenvalue weighted by Crippen LogP contribution is 2.34. The van der Waals surface area contributed by atoms with Crippen molar-refractivity contribution in [3.05, 3.63) is 59.7 Å². The standard InChI is InChI=1S/C16H10N2O3/c19-9-15-11-5-1-3-7-13(11)17-10-18(15)14-8-4-2-6-12(14)16(20)21/h1-8,10H,(H,20,21). The molecule has 0 amide bonds. The summed E-state index contributed by atoms with van der Waals surface area (Å²) >= 11 is 0. The Bertz CT molecular complexity index is 805. The van der Waals surface area contributed by atoms with Crippen molar-refractivity contribution in [1.29, 1.82) is 0 Å². The molecule has 2 aromatic rings. The molecule has 0 aromatic heterocycles. The van der Waals surface area contributed by atoms with Crippen LogP contribution in [0.25, 0.3) is 5.70 Å². The molecule has 102 valence electrons. The Hall–Kier alpha value is -3.17. The summed E-state index contributed by atoms with van der Waals surface area (Å²) in [4.78, 5) is 28.4. The molecule has 0 fully saturated rings. The largest absolute Gasteiger partial charge is 0.478 e. The third-order valence-electron chi connectivity index (χ3n) is 3.20. The maximum Gasteiger partial charge on any atom is 0.337 e. The fourth-order valence-electron chi connectivity index (χ4n) is 2.25. The van der Waals surface area contributed by atoms with Crippen LogP contribution in [0.5, 0.6) is 0 Å². The molecule has 1 heterocycles. The maximum absolute atomic E-state index is 11.4. The van der Waals surface area contributed by atoms with Crippen molar-refractivity contribution in [1.82, 2.24) is 0 Å². The molecule has 0 aliphatic carbocycles. The predicted molar refractivity (Wildman–Crippen MR) is 79.6 cm³/mol. The summed E-state index contributed by atoms with van der Waals surface area (Å²) in [5.74, 6) is 0.817. The highest BCUT2D eigenvalue weighted by molar-refractivity contribution is 6.13.